The molecule has 0 bridgehead atoms. The molecule has 0 aliphatic heterocycles. The van der Waals surface area contributed by atoms with Gasteiger partial charge < -0.3 is 14.6 Å². The van der Waals surface area contributed by atoms with Crippen LogP contribution in [0.3, 0.4) is 0 Å². The molecule has 1 aromatic carbocycles. The maximum absolute atomic E-state index is 12.3. The smallest absolute Gasteiger partial charge is 0.292 e. The molecule has 140 valence electrons. The number of aromatic nitrogens is 1. The molecule has 0 spiro atoms. The molecule has 3 rings (SSSR count). The number of nitrogens with zero attached hydrogens (tertiary/aromatic N) is 1. The Morgan fingerprint density at radius 3 is 2.62 bits per heavy atom. The van der Waals surface area contributed by atoms with E-state index >= 15 is 0 Å². The Hall–Kier alpha value is -2.28. The first-order valence-electron chi connectivity index (χ1n) is 8.71. The minimum Gasteiger partial charge on any atom is -0.491 e. The predicted octanol–water partition coefficient (Wildman–Crippen LogP) is 2.68. The third-order valence-corrected chi connectivity index (χ3v) is 6.42. The van der Waals surface area contributed by atoms with Crippen LogP contribution in [0.5, 0.6) is 5.75 Å². The zero-order valence-electron chi connectivity index (χ0n) is 15.3. The number of nitrogens with one attached hydrogen (secondary N) is 1. The molecule has 26 heavy (non-hydrogen) atoms. The molecule has 1 aliphatic carbocycles. The second-order valence-electron chi connectivity index (χ2n) is 6.65. The molecule has 1 heterocycles. The zero-order chi connectivity index (χ0) is 18.9. The summed E-state index contributed by atoms with van der Waals surface area (Å²) in [7, 11) is -0.226. The molecule has 1 N–H and O–H groups in total. The number of sulfone groups is 1. The normalized spacial score (nSPS) is 14.3. The average molecular weight is 376 g/mol. The fourth-order valence-electron chi connectivity index (χ4n) is 2.83. The topological polar surface area (TPSA) is 77.4 Å². The van der Waals surface area contributed by atoms with E-state index in [9.17, 15) is 13.2 Å². The van der Waals surface area contributed by atoms with Crippen LogP contribution in [0, 0.1) is 5.92 Å². The summed E-state index contributed by atoms with van der Waals surface area (Å²) in [6.45, 7) is 2.49. The Balaban J connectivity index is 2.13. The summed E-state index contributed by atoms with van der Waals surface area (Å²) in [4.78, 5) is 12.4. The van der Waals surface area contributed by atoms with Crippen LogP contribution >= 0.6 is 0 Å². The van der Waals surface area contributed by atoms with Gasteiger partial charge in [0.25, 0.3) is 5.56 Å². The van der Waals surface area contributed by atoms with E-state index in [1.54, 1.807) is 44.4 Å². The first kappa shape index (κ1) is 18.5. The Morgan fingerprint density at radius 1 is 1.27 bits per heavy atom. The maximum atomic E-state index is 12.3. The quantitative estimate of drug-likeness (QED) is 0.804. The monoisotopic (exact) mass is 376 g/mol. The number of methoxy groups -OCH3 is 1. The van der Waals surface area contributed by atoms with Crippen molar-refractivity contribution in [1.29, 1.82) is 0 Å². The van der Waals surface area contributed by atoms with Gasteiger partial charge in [0.05, 0.1) is 17.8 Å². The van der Waals surface area contributed by atoms with Crippen molar-refractivity contribution in [3.63, 3.8) is 0 Å². The van der Waals surface area contributed by atoms with E-state index in [2.05, 4.69) is 5.32 Å². The molecule has 1 saturated carbocycles. The van der Waals surface area contributed by atoms with Crippen molar-refractivity contribution in [1.82, 2.24) is 4.57 Å². The molecule has 1 aliphatic rings. The summed E-state index contributed by atoms with van der Waals surface area (Å²) >= 11 is 0. The molecule has 0 saturated heterocycles. The molecule has 1 aromatic heterocycles. The highest BCUT2D eigenvalue weighted by Crippen LogP contribution is 2.34. The van der Waals surface area contributed by atoms with Gasteiger partial charge in [-0.05, 0) is 43.0 Å². The van der Waals surface area contributed by atoms with Crippen LogP contribution in [0.25, 0.3) is 11.1 Å². The molecular weight excluding hydrogens is 352 g/mol. The largest absolute Gasteiger partial charge is 0.491 e. The molecule has 7 heteroatoms. The molecule has 0 atom stereocenters. The van der Waals surface area contributed by atoms with Crippen LogP contribution in [-0.2, 0) is 16.9 Å². The van der Waals surface area contributed by atoms with Gasteiger partial charge in [-0.15, -0.1) is 0 Å². The number of hydrogen-bond donors (Lipinski definition) is 1. The second kappa shape index (κ2) is 7.15. The second-order valence-corrected chi connectivity index (χ2v) is 8.93. The SMILES string of the molecule is CCS(=O)(=O)c1ccc(NCC2CC2)c(-c2cc(OC)c(=O)n(C)c2)c1. The Labute approximate surface area is 153 Å². The van der Waals surface area contributed by atoms with Gasteiger partial charge in [-0.2, -0.15) is 0 Å². The van der Waals surface area contributed by atoms with E-state index in [0.717, 1.165) is 23.4 Å². The van der Waals surface area contributed by atoms with Gasteiger partial charge in [0.1, 0.15) is 0 Å². The minimum atomic E-state index is -3.33. The summed E-state index contributed by atoms with van der Waals surface area (Å²) in [6, 6.07) is 6.77. The van der Waals surface area contributed by atoms with Crippen molar-refractivity contribution < 1.29 is 13.2 Å². The van der Waals surface area contributed by atoms with Gasteiger partial charge >= 0.3 is 0 Å². The van der Waals surface area contributed by atoms with Crippen LogP contribution in [0.15, 0.2) is 40.2 Å². The van der Waals surface area contributed by atoms with E-state index in [1.165, 1.54) is 24.5 Å². The first-order valence-corrected chi connectivity index (χ1v) is 10.4. The van der Waals surface area contributed by atoms with Gasteiger partial charge in [0, 0.05) is 36.6 Å². The van der Waals surface area contributed by atoms with Gasteiger partial charge in [0.15, 0.2) is 15.6 Å². The van der Waals surface area contributed by atoms with Crippen molar-refractivity contribution in [3.05, 3.63) is 40.8 Å². The van der Waals surface area contributed by atoms with Crippen molar-refractivity contribution in [3.8, 4) is 16.9 Å². The minimum absolute atomic E-state index is 0.0396. The van der Waals surface area contributed by atoms with E-state index in [4.69, 9.17) is 4.74 Å². The van der Waals surface area contributed by atoms with Crippen LogP contribution in [0.1, 0.15) is 19.8 Å². The first-order chi connectivity index (χ1) is 12.4. The van der Waals surface area contributed by atoms with E-state index in [-0.39, 0.29) is 22.0 Å². The fourth-order valence-corrected chi connectivity index (χ4v) is 3.73. The number of hydrogen-bond acceptors (Lipinski definition) is 5. The Kier molecular flexibility index (Phi) is 5.09. The van der Waals surface area contributed by atoms with Crippen molar-refractivity contribution in [2.24, 2.45) is 13.0 Å². The summed E-state index contributed by atoms with van der Waals surface area (Å²) in [5.74, 6) is 0.941. The number of ether oxygens (including phenoxy) is 1. The van der Waals surface area contributed by atoms with Crippen molar-refractivity contribution >= 4 is 15.5 Å². The number of benzene rings is 1. The highest BCUT2D eigenvalue weighted by Gasteiger charge is 2.22. The van der Waals surface area contributed by atoms with E-state index < -0.39 is 9.84 Å². The van der Waals surface area contributed by atoms with Crippen LogP contribution < -0.4 is 15.6 Å². The molecule has 6 nitrogen and oxygen atoms in total. The Bertz CT molecular complexity index is 976. The maximum Gasteiger partial charge on any atom is 0.292 e. The van der Waals surface area contributed by atoms with Crippen molar-refractivity contribution in [2.75, 3.05) is 24.7 Å². The van der Waals surface area contributed by atoms with Gasteiger partial charge in [-0.1, -0.05) is 6.92 Å². The number of anilines is 1. The van der Waals surface area contributed by atoms with E-state index in [1.807, 2.05) is 0 Å². The van der Waals surface area contributed by atoms with Gasteiger partial charge in [-0.3, -0.25) is 4.79 Å². The summed E-state index contributed by atoms with van der Waals surface area (Å²) in [5.41, 5.74) is 2.10. The van der Waals surface area contributed by atoms with Crippen LogP contribution in [0.2, 0.25) is 0 Å². The predicted molar refractivity (Wildman–Crippen MR) is 103 cm³/mol. The molecule has 0 radical (unpaired) electrons. The highest BCUT2D eigenvalue weighted by atomic mass is 32.2. The van der Waals surface area contributed by atoms with Gasteiger partial charge in [0.2, 0.25) is 0 Å². The average Bonchev–Trinajstić information content (AvgIpc) is 3.46. The van der Waals surface area contributed by atoms with Gasteiger partial charge in [-0.25, -0.2) is 8.42 Å². The number of pyridine rings is 1. The highest BCUT2D eigenvalue weighted by molar-refractivity contribution is 7.91. The van der Waals surface area contributed by atoms with Crippen molar-refractivity contribution in [2.45, 2.75) is 24.7 Å². The molecule has 1 fully saturated rings. The zero-order valence-corrected chi connectivity index (χ0v) is 16.1. The third kappa shape index (κ3) is 3.77. The van der Waals surface area contributed by atoms with Crippen LogP contribution in [-0.4, -0.2) is 32.4 Å². The lowest BCUT2D eigenvalue weighted by Gasteiger charge is -2.15. The summed E-state index contributed by atoms with van der Waals surface area (Å²) < 4.78 is 31.3. The number of aryl methyl sites for hydroxylation is 1. The standard InChI is InChI=1S/C19H24N2O4S/c1-4-26(23,24)15-7-8-17(20-11-13-5-6-13)16(10-15)14-9-18(25-3)19(22)21(2)12-14/h7-10,12-13,20H,4-6,11H2,1-3H3. The lowest BCUT2D eigenvalue weighted by molar-refractivity contribution is 0.405. The molecule has 0 amide bonds. The molecular formula is C19H24N2O4S. The molecule has 2 aromatic rings. The molecule has 0 unspecified atom stereocenters. The number of rotatable bonds is 7. The third-order valence-electron chi connectivity index (χ3n) is 4.69. The summed E-state index contributed by atoms with van der Waals surface area (Å²) in [5, 5.41) is 3.42. The fraction of sp³-hybridized carbons (Fsp3) is 0.421. The summed E-state index contributed by atoms with van der Waals surface area (Å²) in [6.07, 6.45) is 4.14. The lowest BCUT2D eigenvalue weighted by atomic mass is 10.0. The Morgan fingerprint density at radius 2 is 2.00 bits per heavy atom. The lowest BCUT2D eigenvalue weighted by Crippen LogP contribution is -2.18. The van der Waals surface area contributed by atoms with E-state index in [0.29, 0.717) is 5.92 Å². The van der Waals surface area contributed by atoms with Crippen LogP contribution in [0.4, 0.5) is 5.69 Å².